The first-order valence-corrected chi connectivity index (χ1v) is 12.3. The Kier molecular flexibility index (Phi) is 6.94. The fraction of sp³-hybridized carbons (Fsp3) is 0.440. The maximum atomic E-state index is 13.5. The number of benzene rings is 1. The molecule has 7 heteroatoms. The van der Waals surface area contributed by atoms with E-state index in [9.17, 15) is 4.21 Å². The number of ether oxygens (including phenoxy) is 1. The van der Waals surface area contributed by atoms with Crippen LogP contribution in [0.25, 0.3) is 0 Å². The second-order valence-corrected chi connectivity index (χ2v) is 10.2. The van der Waals surface area contributed by atoms with Gasteiger partial charge in [-0.1, -0.05) is 31.5 Å². The summed E-state index contributed by atoms with van der Waals surface area (Å²) in [4.78, 5) is 5.38. The van der Waals surface area contributed by atoms with Gasteiger partial charge in [0, 0.05) is 12.7 Å². The van der Waals surface area contributed by atoms with Gasteiger partial charge in [0.05, 0.1) is 16.2 Å². The molecule has 1 aromatic carbocycles. The summed E-state index contributed by atoms with van der Waals surface area (Å²) in [6.07, 6.45) is 5.52. The van der Waals surface area contributed by atoms with Crippen LogP contribution in [0.15, 0.2) is 52.0 Å². The van der Waals surface area contributed by atoms with E-state index >= 15 is 0 Å². The normalized spacial score (nSPS) is 14.9. The second kappa shape index (κ2) is 9.86. The SMILES string of the molecule is Cc1noc(C)c1COc1ccc(S(=O)N(CC2CCC2)c2ccc(C(C)C)cn2)cc1. The van der Waals surface area contributed by atoms with Crippen LogP contribution in [-0.4, -0.2) is 20.9 Å². The standard InChI is InChI=1S/C25H31N3O3S/c1-17(2)21-8-13-25(26-14-21)28(15-20-6-5-7-20)32(29)23-11-9-22(10-12-23)30-16-24-18(3)27-31-19(24)4/h8-14,17,20H,5-7,15-16H2,1-4H3. The van der Waals surface area contributed by atoms with E-state index in [0.717, 1.165) is 40.0 Å². The third kappa shape index (κ3) is 5.04. The zero-order valence-corrected chi connectivity index (χ0v) is 20.0. The van der Waals surface area contributed by atoms with Crippen molar-refractivity contribution in [2.75, 3.05) is 10.8 Å². The molecule has 32 heavy (non-hydrogen) atoms. The molecular weight excluding hydrogens is 422 g/mol. The number of hydrogen-bond acceptors (Lipinski definition) is 5. The topological polar surface area (TPSA) is 68.5 Å². The van der Waals surface area contributed by atoms with Gasteiger partial charge in [0.2, 0.25) is 0 Å². The van der Waals surface area contributed by atoms with Gasteiger partial charge in [-0.25, -0.2) is 9.19 Å². The Bertz CT molecular complexity index is 1040. The Morgan fingerprint density at radius 1 is 1.16 bits per heavy atom. The van der Waals surface area contributed by atoms with Crippen molar-refractivity contribution in [1.29, 1.82) is 0 Å². The minimum atomic E-state index is -1.34. The van der Waals surface area contributed by atoms with Crippen LogP contribution in [0.5, 0.6) is 5.75 Å². The van der Waals surface area contributed by atoms with Crippen LogP contribution in [-0.2, 0) is 17.6 Å². The van der Waals surface area contributed by atoms with Gasteiger partial charge >= 0.3 is 0 Å². The van der Waals surface area contributed by atoms with E-state index < -0.39 is 11.0 Å². The average molecular weight is 454 g/mol. The summed E-state index contributed by atoms with van der Waals surface area (Å²) >= 11 is 0. The highest BCUT2D eigenvalue weighted by Crippen LogP contribution is 2.31. The third-order valence-electron chi connectivity index (χ3n) is 6.13. The van der Waals surface area contributed by atoms with Crippen LogP contribution in [0, 0.1) is 19.8 Å². The van der Waals surface area contributed by atoms with E-state index in [-0.39, 0.29) is 0 Å². The van der Waals surface area contributed by atoms with Crippen molar-refractivity contribution in [2.24, 2.45) is 5.92 Å². The van der Waals surface area contributed by atoms with Crippen LogP contribution >= 0.6 is 0 Å². The molecule has 170 valence electrons. The van der Waals surface area contributed by atoms with Crippen molar-refractivity contribution in [3.8, 4) is 5.75 Å². The van der Waals surface area contributed by atoms with Crippen LogP contribution in [0.2, 0.25) is 0 Å². The molecule has 1 saturated carbocycles. The van der Waals surface area contributed by atoms with Crippen LogP contribution in [0.3, 0.4) is 0 Å². The maximum Gasteiger partial charge on any atom is 0.154 e. The monoisotopic (exact) mass is 453 g/mol. The van der Waals surface area contributed by atoms with Gasteiger partial charge in [0.25, 0.3) is 0 Å². The lowest BCUT2D eigenvalue weighted by atomic mass is 9.85. The second-order valence-electron chi connectivity index (χ2n) is 8.77. The quantitative estimate of drug-likeness (QED) is 0.415. The lowest BCUT2D eigenvalue weighted by Crippen LogP contribution is -2.34. The van der Waals surface area contributed by atoms with Gasteiger partial charge in [-0.2, -0.15) is 0 Å². The third-order valence-corrected chi connectivity index (χ3v) is 7.54. The van der Waals surface area contributed by atoms with E-state index in [1.54, 1.807) is 0 Å². The summed E-state index contributed by atoms with van der Waals surface area (Å²) in [5.41, 5.74) is 2.98. The molecule has 0 bridgehead atoms. The molecule has 0 spiro atoms. The molecule has 0 aliphatic heterocycles. The highest BCUT2D eigenvalue weighted by molar-refractivity contribution is 7.86. The van der Waals surface area contributed by atoms with Gasteiger partial charge in [-0.3, -0.25) is 4.31 Å². The van der Waals surface area contributed by atoms with E-state index in [1.165, 1.54) is 24.8 Å². The number of rotatable bonds is 9. The zero-order chi connectivity index (χ0) is 22.7. The zero-order valence-electron chi connectivity index (χ0n) is 19.2. The molecular formula is C25H31N3O3S. The first-order valence-electron chi connectivity index (χ1n) is 11.2. The number of nitrogens with zero attached hydrogens (tertiary/aromatic N) is 3. The molecule has 2 aromatic heterocycles. The summed E-state index contributed by atoms with van der Waals surface area (Å²) in [6, 6.07) is 11.5. The number of hydrogen-bond donors (Lipinski definition) is 0. The first kappa shape index (κ1) is 22.5. The van der Waals surface area contributed by atoms with Crippen LogP contribution in [0.1, 0.15) is 61.6 Å². The van der Waals surface area contributed by atoms with Crippen molar-refractivity contribution >= 4 is 16.8 Å². The molecule has 2 heterocycles. The highest BCUT2D eigenvalue weighted by atomic mass is 32.2. The molecule has 3 aromatic rings. The summed E-state index contributed by atoms with van der Waals surface area (Å²) in [7, 11) is -1.34. The van der Waals surface area contributed by atoms with Crippen LogP contribution in [0.4, 0.5) is 5.82 Å². The van der Waals surface area contributed by atoms with Gasteiger partial charge in [0.15, 0.2) is 11.0 Å². The molecule has 1 aliphatic carbocycles. The summed E-state index contributed by atoms with van der Waals surface area (Å²) in [6.45, 7) is 9.23. The van der Waals surface area contributed by atoms with E-state index in [0.29, 0.717) is 18.4 Å². The van der Waals surface area contributed by atoms with Crippen molar-refractivity contribution < 1.29 is 13.5 Å². The van der Waals surface area contributed by atoms with Gasteiger partial charge in [-0.05, 0) is 74.4 Å². The lowest BCUT2D eigenvalue weighted by Gasteiger charge is -2.32. The number of aromatic nitrogens is 2. The Morgan fingerprint density at radius 2 is 1.91 bits per heavy atom. The first-order chi connectivity index (χ1) is 15.4. The van der Waals surface area contributed by atoms with Crippen molar-refractivity contribution in [3.05, 3.63) is 65.2 Å². The van der Waals surface area contributed by atoms with Crippen molar-refractivity contribution in [3.63, 3.8) is 0 Å². The van der Waals surface area contributed by atoms with Gasteiger partial charge < -0.3 is 9.26 Å². The predicted octanol–water partition coefficient (Wildman–Crippen LogP) is 5.72. The predicted molar refractivity (Wildman–Crippen MR) is 126 cm³/mol. The Hall–Kier alpha value is -2.67. The van der Waals surface area contributed by atoms with Crippen molar-refractivity contribution in [1.82, 2.24) is 10.1 Å². The van der Waals surface area contributed by atoms with Gasteiger partial charge in [0.1, 0.15) is 23.9 Å². The molecule has 0 saturated heterocycles. The van der Waals surface area contributed by atoms with E-state index in [1.807, 2.05) is 54.7 Å². The van der Waals surface area contributed by atoms with E-state index in [4.69, 9.17) is 9.26 Å². The van der Waals surface area contributed by atoms with E-state index in [2.05, 4.69) is 30.1 Å². The maximum absolute atomic E-state index is 13.5. The molecule has 1 fully saturated rings. The van der Waals surface area contributed by atoms with Crippen molar-refractivity contribution in [2.45, 2.75) is 64.4 Å². The molecule has 1 aliphatic rings. The minimum Gasteiger partial charge on any atom is -0.489 e. The highest BCUT2D eigenvalue weighted by Gasteiger charge is 2.26. The number of aryl methyl sites for hydroxylation is 2. The largest absolute Gasteiger partial charge is 0.489 e. The Morgan fingerprint density at radius 3 is 2.44 bits per heavy atom. The summed E-state index contributed by atoms with van der Waals surface area (Å²) < 4.78 is 26.5. The molecule has 1 unspecified atom stereocenters. The Balaban J connectivity index is 1.48. The molecule has 0 amide bonds. The van der Waals surface area contributed by atoms with Gasteiger partial charge in [-0.15, -0.1) is 0 Å². The fourth-order valence-corrected chi connectivity index (χ4v) is 4.93. The minimum absolute atomic E-state index is 0.392. The molecule has 6 nitrogen and oxygen atoms in total. The Labute approximate surface area is 192 Å². The molecule has 0 N–H and O–H groups in total. The lowest BCUT2D eigenvalue weighted by molar-refractivity contribution is 0.301. The summed E-state index contributed by atoms with van der Waals surface area (Å²) in [5, 5.41) is 3.96. The molecule has 1 atom stereocenters. The number of anilines is 1. The smallest absolute Gasteiger partial charge is 0.154 e. The van der Waals surface area contributed by atoms with Crippen LogP contribution < -0.4 is 9.04 Å². The molecule has 4 rings (SSSR count). The molecule has 0 radical (unpaired) electrons. The average Bonchev–Trinajstić information content (AvgIpc) is 3.09. The fourth-order valence-electron chi connectivity index (χ4n) is 3.69. The summed E-state index contributed by atoms with van der Waals surface area (Å²) in [5.74, 6) is 3.24. The number of pyridine rings is 1.